The highest BCUT2D eigenvalue weighted by atomic mass is 19.4. The summed E-state index contributed by atoms with van der Waals surface area (Å²) in [7, 11) is 0. The first kappa shape index (κ1) is 8.32. The van der Waals surface area contributed by atoms with Gasteiger partial charge in [0.1, 0.15) is 0 Å². The molecule has 0 aromatic rings. The third-order valence-corrected chi connectivity index (χ3v) is 1.37. The first-order chi connectivity index (χ1) is 5.00. The van der Waals surface area contributed by atoms with Gasteiger partial charge in [-0.05, 0) is 6.42 Å². The van der Waals surface area contributed by atoms with Crippen molar-refractivity contribution in [2.45, 2.75) is 12.6 Å². The molecule has 0 spiro atoms. The molecule has 1 N–H and O–H groups in total. The van der Waals surface area contributed by atoms with E-state index in [0.29, 0.717) is 13.1 Å². The van der Waals surface area contributed by atoms with E-state index in [0.717, 1.165) is 6.42 Å². The van der Waals surface area contributed by atoms with Crippen molar-refractivity contribution in [3.05, 3.63) is 0 Å². The summed E-state index contributed by atoms with van der Waals surface area (Å²) in [5, 5.41) is 1.23. The number of carbonyl (C=O) groups excluding carboxylic acids is 1. The number of hydrogen-bond acceptors (Lipinski definition) is 2. The van der Waals surface area contributed by atoms with Crippen molar-refractivity contribution in [3.63, 3.8) is 0 Å². The van der Waals surface area contributed by atoms with E-state index >= 15 is 0 Å². The van der Waals surface area contributed by atoms with Crippen molar-refractivity contribution in [2.24, 2.45) is 0 Å². The molecule has 1 heterocycles. The second-order valence-corrected chi connectivity index (χ2v) is 2.28. The van der Waals surface area contributed by atoms with Gasteiger partial charge in [0.15, 0.2) is 0 Å². The zero-order valence-electron chi connectivity index (χ0n) is 5.61. The van der Waals surface area contributed by atoms with Crippen molar-refractivity contribution < 1.29 is 18.0 Å². The lowest BCUT2D eigenvalue weighted by molar-refractivity contribution is -0.180. The molecule has 0 bridgehead atoms. The lowest BCUT2D eigenvalue weighted by Gasteiger charge is -2.30. The van der Waals surface area contributed by atoms with Crippen LogP contribution >= 0.6 is 0 Å². The number of halogens is 3. The fraction of sp³-hybridized carbons (Fsp3) is 0.800. The Morgan fingerprint density at radius 1 is 1.36 bits per heavy atom. The van der Waals surface area contributed by atoms with E-state index in [9.17, 15) is 18.0 Å². The normalized spacial score (nSPS) is 19.2. The summed E-state index contributed by atoms with van der Waals surface area (Å²) in [4.78, 5) is 10.2. The number of nitrogens with one attached hydrogen (secondary N) is 1. The maximum absolute atomic E-state index is 11.5. The van der Waals surface area contributed by atoms with Crippen LogP contribution in [0.5, 0.6) is 0 Å². The molecule has 6 heteroatoms. The third-order valence-electron chi connectivity index (χ3n) is 1.37. The molecule has 0 radical (unpaired) electrons. The second kappa shape index (κ2) is 2.69. The Labute approximate surface area is 61.1 Å². The number of carbonyl (C=O) groups is 1. The quantitative estimate of drug-likeness (QED) is 0.610. The summed E-state index contributed by atoms with van der Waals surface area (Å²) >= 11 is 0. The smallest absolute Gasteiger partial charge is 0.281 e. The predicted molar refractivity (Wildman–Crippen MR) is 30.4 cm³/mol. The summed E-state index contributed by atoms with van der Waals surface area (Å²) in [6, 6.07) is 0. The number of hydrazine groups is 1. The Morgan fingerprint density at radius 2 is 1.91 bits per heavy atom. The molecule has 1 aliphatic heterocycles. The average molecular weight is 168 g/mol. The molecule has 0 aliphatic carbocycles. The van der Waals surface area contributed by atoms with Crippen molar-refractivity contribution >= 4 is 5.91 Å². The molecule has 1 amide bonds. The van der Waals surface area contributed by atoms with E-state index < -0.39 is 12.1 Å². The zero-order valence-corrected chi connectivity index (χ0v) is 5.61. The van der Waals surface area contributed by atoms with Crippen LogP contribution in [-0.2, 0) is 4.79 Å². The van der Waals surface area contributed by atoms with E-state index in [2.05, 4.69) is 0 Å². The molecule has 1 saturated heterocycles. The second-order valence-electron chi connectivity index (χ2n) is 2.28. The summed E-state index contributed by atoms with van der Waals surface area (Å²) < 4.78 is 34.6. The molecular weight excluding hydrogens is 161 g/mol. The Hall–Kier alpha value is -0.780. The number of hydrogen-bond donors (Lipinski definition) is 1. The van der Waals surface area contributed by atoms with Crippen LogP contribution in [0.4, 0.5) is 13.2 Å². The van der Waals surface area contributed by atoms with Gasteiger partial charge in [-0.25, -0.2) is 5.01 Å². The number of amides is 1. The van der Waals surface area contributed by atoms with Gasteiger partial charge >= 0.3 is 12.1 Å². The van der Waals surface area contributed by atoms with Crippen molar-refractivity contribution in [2.75, 3.05) is 13.1 Å². The molecule has 1 rings (SSSR count). The van der Waals surface area contributed by atoms with Crippen LogP contribution in [0.1, 0.15) is 6.42 Å². The Kier molecular flexibility index (Phi) is 2.03. The molecule has 1 fully saturated rings. The minimum absolute atomic E-state index is 0.502. The average Bonchev–Trinajstić information content (AvgIpc) is 1.75. The standard InChI is InChI=1S/C5H7F3N2O/c6-5(7,8)4(11)9-10-2-1-3-10/h1-3H2,(H,9,11). The molecule has 0 aromatic heterocycles. The van der Waals surface area contributed by atoms with Crippen LogP contribution in [0.3, 0.4) is 0 Å². The fourth-order valence-electron chi connectivity index (χ4n) is 0.635. The molecular formula is C5H7F3N2O. The highest BCUT2D eigenvalue weighted by molar-refractivity contribution is 5.81. The Balaban J connectivity index is 2.30. The topological polar surface area (TPSA) is 32.3 Å². The van der Waals surface area contributed by atoms with Crippen LogP contribution in [0, 0.1) is 0 Å². The summed E-state index contributed by atoms with van der Waals surface area (Å²) in [6.45, 7) is 1.00. The number of rotatable bonds is 1. The first-order valence-corrected chi connectivity index (χ1v) is 3.13. The maximum atomic E-state index is 11.5. The molecule has 1 aliphatic rings. The van der Waals surface area contributed by atoms with Crippen LogP contribution < -0.4 is 5.43 Å². The molecule has 11 heavy (non-hydrogen) atoms. The first-order valence-electron chi connectivity index (χ1n) is 3.13. The van der Waals surface area contributed by atoms with Gasteiger partial charge < -0.3 is 0 Å². The number of nitrogens with zero attached hydrogens (tertiary/aromatic N) is 1. The fourth-order valence-corrected chi connectivity index (χ4v) is 0.635. The third kappa shape index (κ3) is 2.07. The van der Waals surface area contributed by atoms with E-state index in [4.69, 9.17) is 0 Å². The summed E-state index contributed by atoms with van der Waals surface area (Å²) in [6.07, 6.45) is -3.94. The predicted octanol–water partition coefficient (Wildman–Crippen LogP) is 0.286. The van der Waals surface area contributed by atoms with Crippen molar-refractivity contribution in [1.29, 1.82) is 0 Å². The van der Waals surface area contributed by atoms with Crippen LogP contribution in [0.25, 0.3) is 0 Å². The Morgan fingerprint density at radius 3 is 2.18 bits per heavy atom. The van der Waals surface area contributed by atoms with E-state index in [-0.39, 0.29) is 0 Å². The Bertz CT molecular complexity index is 164. The van der Waals surface area contributed by atoms with Crippen molar-refractivity contribution in [3.8, 4) is 0 Å². The van der Waals surface area contributed by atoms with E-state index in [1.807, 2.05) is 0 Å². The van der Waals surface area contributed by atoms with Gasteiger partial charge in [0.25, 0.3) is 0 Å². The van der Waals surface area contributed by atoms with E-state index in [1.54, 1.807) is 5.43 Å². The van der Waals surface area contributed by atoms with Gasteiger partial charge in [-0.15, -0.1) is 0 Å². The van der Waals surface area contributed by atoms with Gasteiger partial charge in [0.05, 0.1) is 0 Å². The van der Waals surface area contributed by atoms with Gasteiger partial charge in [0.2, 0.25) is 0 Å². The van der Waals surface area contributed by atoms with Crippen LogP contribution in [-0.4, -0.2) is 30.2 Å². The van der Waals surface area contributed by atoms with Gasteiger partial charge in [-0.2, -0.15) is 13.2 Å². The lowest BCUT2D eigenvalue weighted by Crippen LogP contribution is -2.53. The minimum Gasteiger partial charge on any atom is -0.281 e. The zero-order chi connectivity index (χ0) is 8.48. The maximum Gasteiger partial charge on any atom is 0.472 e. The SMILES string of the molecule is O=C(NN1CCC1)C(F)(F)F. The minimum atomic E-state index is -4.77. The molecule has 64 valence electrons. The largest absolute Gasteiger partial charge is 0.472 e. The van der Waals surface area contributed by atoms with Gasteiger partial charge in [-0.3, -0.25) is 10.2 Å². The van der Waals surface area contributed by atoms with Gasteiger partial charge in [0, 0.05) is 13.1 Å². The highest BCUT2D eigenvalue weighted by Gasteiger charge is 2.40. The highest BCUT2D eigenvalue weighted by Crippen LogP contribution is 2.15. The summed E-state index contributed by atoms with van der Waals surface area (Å²) in [5.74, 6) is -1.89. The summed E-state index contributed by atoms with van der Waals surface area (Å²) in [5.41, 5.74) is 1.73. The van der Waals surface area contributed by atoms with Crippen LogP contribution in [0.15, 0.2) is 0 Å². The molecule has 0 unspecified atom stereocenters. The molecule has 0 saturated carbocycles. The molecule has 0 aromatic carbocycles. The monoisotopic (exact) mass is 168 g/mol. The number of alkyl halides is 3. The van der Waals surface area contributed by atoms with Crippen molar-refractivity contribution in [1.82, 2.24) is 10.4 Å². The van der Waals surface area contributed by atoms with Gasteiger partial charge in [-0.1, -0.05) is 0 Å². The molecule has 3 nitrogen and oxygen atoms in total. The molecule has 0 atom stereocenters. The lowest BCUT2D eigenvalue weighted by atomic mass is 10.3. The van der Waals surface area contributed by atoms with Crippen LogP contribution in [0.2, 0.25) is 0 Å². The van der Waals surface area contributed by atoms with E-state index in [1.165, 1.54) is 5.01 Å².